The van der Waals surface area contributed by atoms with Crippen molar-refractivity contribution in [3.63, 3.8) is 0 Å². The molecule has 5 nitrogen and oxygen atoms in total. The maximum atomic E-state index is 13.2. The predicted octanol–water partition coefficient (Wildman–Crippen LogP) is 2.94. The highest BCUT2D eigenvalue weighted by Gasteiger charge is 2.48. The molecule has 28 heavy (non-hydrogen) atoms. The number of carbonyl (C=O) groups excluding carboxylic acids is 3. The van der Waals surface area contributed by atoms with Gasteiger partial charge in [-0.05, 0) is 65.8 Å². The number of carboxylic acid groups (broad SMARTS) is 1. The van der Waals surface area contributed by atoms with Crippen LogP contribution in [0.25, 0.3) is 0 Å². The molecule has 1 N–H and O–H groups in total. The van der Waals surface area contributed by atoms with Gasteiger partial charge in [0.1, 0.15) is 0 Å². The fraction of sp³-hybridized carbons (Fsp3) is 0.217. The van der Waals surface area contributed by atoms with Crippen molar-refractivity contribution in [2.75, 3.05) is 0 Å². The molecule has 5 heteroatoms. The van der Waals surface area contributed by atoms with Crippen LogP contribution in [-0.4, -0.2) is 28.4 Å². The molecule has 0 heterocycles. The summed E-state index contributed by atoms with van der Waals surface area (Å²) in [4.78, 5) is 49.9. The van der Waals surface area contributed by atoms with E-state index in [0.717, 1.165) is 24.0 Å². The molecule has 0 radical (unpaired) electrons. The molecule has 0 saturated heterocycles. The Hall–Kier alpha value is -3.34. The minimum absolute atomic E-state index is 0.0495. The van der Waals surface area contributed by atoms with Crippen LogP contribution in [0, 0.1) is 5.92 Å². The van der Waals surface area contributed by atoms with Crippen molar-refractivity contribution in [3.8, 4) is 0 Å². The van der Waals surface area contributed by atoms with Gasteiger partial charge in [0.15, 0.2) is 5.78 Å². The molecular weight excluding hydrogens is 356 g/mol. The van der Waals surface area contributed by atoms with Crippen molar-refractivity contribution in [1.29, 1.82) is 0 Å². The SMILES string of the molecule is O=C(O)c1ccc2c(c1)C1Cc3cc4c(cc3C(=O)C1C(=O)C2=O)CC=CC4. The van der Waals surface area contributed by atoms with E-state index < -0.39 is 29.4 Å². The van der Waals surface area contributed by atoms with E-state index in [-0.39, 0.29) is 16.9 Å². The number of benzene rings is 2. The molecule has 0 bridgehead atoms. The first kappa shape index (κ1) is 16.8. The topological polar surface area (TPSA) is 88.5 Å². The first-order valence-corrected chi connectivity index (χ1v) is 9.25. The van der Waals surface area contributed by atoms with Crippen LogP contribution in [0.2, 0.25) is 0 Å². The van der Waals surface area contributed by atoms with Crippen LogP contribution in [0.4, 0.5) is 0 Å². The largest absolute Gasteiger partial charge is 0.478 e. The zero-order valence-corrected chi connectivity index (χ0v) is 14.9. The van der Waals surface area contributed by atoms with Gasteiger partial charge in [0.05, 0.1) is 11.5 Å². The standard InChI is InChI=1S/C23H16O5/c24-20-16-8-12-4-2-1-3-11(12)7-14(16)10-18-17-9-13(23(27)28)5-6-15(17)21(25)22(26)19(18)20/h1-2,5-9,18-19H,3-4,10H2,(H,27,28). The third-order valence-corrected chi connectivity index (χ3v) is 6.11. The summed E-state index contributed by atoms with van der Waals surface area (Å²) < 4.78 is 0. The molecule has 138 valence electrons. The summed E-state index contributed by atoms with van der Waals surface area (Å²) in [5.74, 6) is -4.38. The maximum Gasteiger partial charge on any atom is 0.335 e. The summed E-state index contributed by atoms with van der Waals surface area (Å²) in [6, 6.07) is 8.07. The Morgan fingerprint density at radius 1 is 0.857 bits per heavy atom. The molecule has 2 atom stereocenters. The number of hydrogen-bond acceptors (Lipinski definition) is 4. The van der Waals surface area contributed by atoms with E-state index in [9.17, 15) is 24.3 Å². The van der Waals surface area contributed by atoms with Gasteiger partial charge < -0.3 is 5.11 Å². The Kier molecular flexibility index (Phi) is 3.50. The van der Waals surface area contributed by atoms with Gasteiger partial charge in [0, 0.05) is 17.0 Å². The fourth-order valence-corrected chi connectivity index (χ4v) is 4.72. The van der Waals surface area contributed by atoms with Crippen LogP contribution in [-0.2, 0) is 24.1 Å². The summed E-state index contributed by atoms with van der Waals surface area (Å²) in [5, 5.41) is 9.32. The lowest BCUT2D eigenvalue weighted by molar-refractivity contribution is -0.118. The lowest BCUT2D eigenvalue weighted by Crippen LogP contribution is -2.43. The second-order valence-corrected chi connectivity index (χ2v) is 7.61. The molecular formula is C23H16O5. The van der Waals surface area contributed by atoms with Crippen molar-refractivity contribution in [3.05, 3.63) is 81.4 Å². The zero-order valence-electron chi connectivity index (χ0n) is 14.9. The van der Waals surface area contributed by atoms with E-state index in [2.05, 4.69) is 12.2 Å². The molecule has 0 fully saturated rings. The molecule has 2 aromatic rings. The number of allylic oxidation sites excluding steroid dienone is 2. The minimum Gasteiger partial charge on any atom is -0.478 e. The Labute approximate surface area is 160 Å². The normalized spacial score (nSPS) is 22.2. The van der Waals surface area contributed by atoms with Gasteiger partial charge in [0.25, 0.3) is 0 Å². The number of hydrogen-bond donors (Lipinski definition) is 1. The van der Waals surface area contributed by atoms with Gasteiger partial charge in [0.2, 0.25) is 11.6 Å². The Balaban J connectivity index is 1.69. The number of carboxylic acids is 1. The number of carbonyl (C=O) groups is 4. The van der Waals surface area contributed by atoms with E-state index in [4.69, 9.17) is 0 Å². The van der Waals surface area contributed by atoms with Crippen LogP contribution in [0.1, 0.15) is 59.2 Å². The van der Waals surface area contributed by atoms with Crippen molar-refractivity contribution in [2.24, 2.45) is 5.92 Å². The van der Waals surface area contributed by atoms with E-state index in [1.807, 2.05) is 12.1 Å². The van der Waals surface area contributed by atoms with Crippen molar-refractivity contribution in [1.82, 2.24) is 0 Å². The van der Waals surface area contributed by atoms with Gasteiger partial charge in [-0.3, -0.25) is 14.4 Å². The quantitative estimate of drug-likeness (QED) is 0.472. The van der Waals surface area contributed by atoms with Crippen LogP contribution in [0.5, 0.6) is 0 Å². The van der Waals surface area contributed by atoms with Crippen LogP contribution in [0.3, 0.4) is 0 Å². The summed E-state index contributed by atoms with van der Waals surface area (Å²) in [7, 11) is 0. The Bertz CT molecular complexity index is 1140. The Morgan fingerprint density at radius 2 is 1.57 bits per heavy atom. The molecule has 3 aliphatic rings. The van der Waals surface area contributed by atoms with Crippen molar-refractivity contribution >= 4 is 23.3 Å². The third kappa shape index (κ3) is 2.26. The Morgan fingerprint density at radius 3 is 2.29 bits per heavy atom. The first-order valence-electron chi connectivity index (χ1n) is 9.25. The smallest absolute Gasteiger partial charge is 0.335 e. The van der Waals surface area contributed by atoms with Crippen LogP contribution in [0.15, 0.2) is 42.5 Å². The maximum absolute atomic E-state index is 13.2. The fourth-order valence-electron chi connectivity index (χ4n) is 4.72. The predicted molar refractivity (Wildman–Crippen MR) is 100.0 cm³/mol. The van der Waals surface area contributed by atoms with E-state index in [0.29, 0.717) is 17.5 Å². The van der Waals surface area contributed by atoms with E-state index >= 15 is 0 Å². The molecule has 2 unspecified atom stereocenters. The highest BCUT2D eigenvalue weighted by molar-refractivity contribution is 6.49. The van der Waals surface area contributed by atoms with Gasteiger partial charge in [-0.2, -0.15) is 0 Å². The summed E-state index contributed by atoms with van der Waals surface area (Å²) in [6.45, 7) is 0. The second-order valence-electron chi connectivity index (χ2n) is 7.61. The average Bonchev–Trinajstić information content (AvgIpc) is 2.70. The summed E-state index contributed by atoms with van der Waals surface area (Å²) in [6.07, 6.45) is 6.16. The second kappa shape index (κ2) is 5.83. The highest BCUT2D eigenvalue weighted by atomic mass is 16.4. The number of fused-ring (bicyclic) bond motifs is 5. The number of rotatable bonds is 1. The number of Topliss-reactive ketones (excluding diaryl/α,β-unsaturated/α-hetero) is 3. The first-order chi connectivity index (χ1) is 13.5. The third-order valence-electron chi connectivity index (χ3n) is 6.11. The molecule has 0 amide bonds. The minimum atomic E-state index is -1.10. The van der Waals surface area contributed by atoms with Gasteiger partial charge in [-0.15, -0.1) is 0 Å². The molecule has 0 aliphatic heterocycles. The van der Waals surface area contributed by atoms with E-state index in [1.165, 1.54) is 23.8 Å². The molecule has 0 saturated carbocycles. The molecule has 3 aliphatic carbocycles. The highest BCUT2D eigenvalue weighted by Crippen LogP contribution is 2.43. The number of aromatic carboxylic acids is 1. The summed E-state index contributed by atoms with van der Waals surface area (Å²) in [5.41, 5.74) is 4.40. The van der Waals surface area contributed by atoms with Crippen LogP contribution < -0.4 is 0 Å². The van der Waals surface area contributed by atoms with Crippen molar-refractivity contribution < 1.29 is 24.3 Å². The molecule has 0 aromatic heterocycles. The molecule has 2 aromatic carbocycles. The van der Waals surface area contributed by atoms with Crippen molar-refractivity contribution in [2.45, 2.75) is 25.2 Å². The van der Waals surface area contributed by atoms with Crippen LogP contribution >= 0.6 is 0 Å². The molecule has 5 rings (SSSR count). The monoisotopic (exact) mass is 372 g/mol. The lowest BCUT2D eigenvalue weighted by Gasteiger charge is -2.36. The summed E-state index contributed by atoms with van der Waals surface area (Å²) >= 11 is 0. The zero-order chi connectivity index (χ0) is 19.6. The molecule has 0 spiro atoms. The van der Waals surface area contributed by atoms with Gasteiger partial charge in [-0.25, -0.2) is 4.79 Å². The average molecular weight is 372 g/mol. The van der Waals surface area contributed by atoms with E-state index in [1.54, 1.807) is 0 Å². The van der Waals surface area contributed by atoms with Gasteiger partial charge in [-0.1, -0.05) is 18.2 Å². The lowest BCUT2D eigenvalue weighted by atomic mass is 9.64. The van der Waals surface area contributed by atoms with Gasteiger partial charge >= 0.3 is 5.97 Å². The number of ketones is 3.